The maximum atomic E-state index is 12.2. The molecule has 0 heterocycles. The van der Waals surface area contributed by atoms with E-state index >= 15 is 0 Å². The molecule has 176 valence electrons. The fourth-order valence-electron chi connectivity index (χ4n) is 4.06. The van der Waals surface area contributed by atoms with Gasteiger partial charge in [0.05, 0.1) is 12.5 Å². The van der Waals surface area contributed by atoms with E-state index in [1.807, 2.05) is 55.5 Å². The highest BCUT2D eigenvalue weighted by Crippen LogP contribution is 2.44. The standard InChI is InChI=1S/C25H30N2O6/c1-2-3-12-22(24(30)31)27-23(29)13-16(28)14-26-25(32)33-15-21-19-10-6-4-8-17(19)18-9-5-7-11-20(18)21/h4-11,16,21-22,28H,2-3,12-15H2,1H3,(H,26,32)(H,27,29)(H,30,31)/t16?,22-/m0/s1. The maximum Gasteiger partial charge on any atom is 0.407 e. The molecule has 0 saturated carbocycles. The average Bonchev–Trinajstić information content (AvgIpc) is 3.12. The average molecular weight is 455 g/mol. The van der Waals surface area contributed by atoms with Crippen LogP contribution in [-0.2, 0) is 14.3 Å². The maximum absolute atomic E-state index is 12.2. The van der Waals surface area contributed by atoms with E-state index in [4.69, 9.17) is 4.74 Å². The van der Waals surface area contributed by atoms with Crippen LogP contribution < -0.4 is 10.6 Å². The number of hydrogen-bond donors (Lipinski definition) is 4. The summed E-state index contributed by atoms with van der Waals surface area (Å²) in [5.74, 6) is -1.77. The van der Waals surface area contributed by atoms with Crippen LogP contribution in [0.4, 0.5) is 4.79 Å². The number of hydrogen-bond acceptors (Lipinski definition) is 5. The molecule has 1 aliphatic rings. The Hall–Kier alpha value is -3.39. The first-order valence-electron chi connectivity index (χ1n) is 11.2. The molecule has 0 spiro atoms. The number of aliphatic hydroxyl groups excluding tert-OH is 1. The van der Waals surface area contributed by atoms with E-state index in [0.717, 1.165) is 28.7 Å². The molecule has 2 amide bonds. The van der Waals surface area contributed by atoms with Crippen molar-refractivity contribution >= 4 is 18.0 Å². The third kappa shape index (κ3) is 6.32. The fraction of sp³-hybridized carbons (Fsp3) is 0.400. The van der Waals surface area contributed by atoms with Crippen LogP contribution in [0.1, 0.15) is 49.7 Å². The summed E-state index contributed by atoms with van der Waals surface area (Å²) in [6.07, 6.45) is -0.366. The molecule has 0 fully saturated rings. The lowest BCUT2D eigenvalue weighted by molar-refractivity contribution is -0.142. The fourth-order valence-corrected chi connectivity index (χ4v) is 4.06. The van der Waals surface area contributed by atoms with Gasteiger partial charge in [-0.2, -0.15) is 0 Å². The molecule has 1 aliphatic carbocycles. The first-order chi connectivity index (χ1) is 15.9. The quantitative estimate of drug-likeness (QED) is 0.414. The van der Waals surface area contributed by atoms with Crippen LogP contribution in [-0.4, -0.2) is 53.5 Å². The number of carboxylic acids is 1. The van der Waals surface area contributed by atoms with Crippen molar-refractivity contribution in [3.8, 4) is 11.1 Å². The van der Waals surface area contributed by atoms with Gasteiger partial charge in [0.2, 0.25) is 5.91 Å². The second-order valence-corrected chi connectivity index (χ2v) is 8.16. The smallest absolute Gasteiger partial charge is 0.407 e. The third-order valence-corrected chi connectivity index (χ3v) is 5.73. The van der Waals surface area contributed by atoms with Crippen molar-refractivity contribution in [2.24, 2.45) is 0 Å². The number of aliphatic carboxylic acids is 1. The summed E-state index contributed by atoms with van der Waals surface area (Å²) in [6, 6.07) is 15.0. The van der Waals surface area contributed by atoms with Gasteiger partial charge < -0.3 is 25.6 Å². The van der Waals surface area contributed by atoms with E-state index in [-0.39, 0.29) is 25.5 Å². The van der Waals surface area contributed by atoms with Crippen molar-refractivity contribution in [1.82, 2.24) is 10.6 Å². The molecule has 0 aromatic heterocycles. The molecule has 3 rings (SSSR count). The summed E-state index contributed by atoms with van der Waals surface area (Å²) in [7, 11) is 0. The van der Waals surface area contributed by atoms with Crippen LogP contribution >= 0.6 is 0 Å². The van der Waals surface area contributed by atoms with Crippen LogP contribution in [0.25, 0.3) is 11.1 Å². The number of fused-ring (bicyclic) bond motifs is 3. The summed E-state index contributed by atoms with van der Waals surface area (Å²) in [5.41, 5.74) is 4.45. The first kappa shape index (κ1) is 24.3. The third-order valence-electron chi connectivity index (χ3n) is 5.73. The van der Waals surface area contributed by atoms with Crippen molar-refractivity contribution in [2.75, 3.05) is 13.2 Å². The lowest BCUT2D eigenvalue weighted by Gasteiger charge is -2.17. The van der Waals surface area contributed by atoms with Gasteiger partial charge in [0.15, 0.2) is 0 Å². The minimum Gasteiger partial charge on any atom is -0.480 e. The summed E-state index contributed by atoms with van der Waals surface area (Å²) in [4.78, 5) is 35.4. The zero-order valence-electron chi connectivity index (χ0n) is 18.6. The van der Waals surface area contributed by atoms with Gasteiger partial charge in [-0.15, -0.1) is 0 Å². The van der Waals surface area contributed by atoms with Gasteiger partial charge in [-0.25, -0.2) is 9.59 Å². The monoisotopic (exact) mass is 454 g/mol. The van der Waals surface area contributed by atoms with Gasteiger partial charge >= 0.3 is 12.1 Å². The summed E-state index contributed by atoms with van der Waals surface area (Å²) in [5, 5.41) is 24.1. The number of unbranched alkanes of at least 4 members (excludes halogenated alkanes) is 1. The Balaban J connectivity index is 1.45. The first-order valence-corrected chi connectivity index (χ1v) is 11.2. The van der Waals surface area contributed by atoms with Crippen LogP contribution in [0, 0.1) is 0 Å². The number of carbonyl (C=O) groups excluding carboxylic acids is 2. The van der Waals surface area contributed by atoms with Crippen molar-refractivity contribution in [2.45, 2.75) is 50.7 Å². The number of carboxylic acid groups (broad SMARTS) is 1. The molecule has 1 unspecified atom stereocenters. The molecule has 0 saturated heterocycles. The number of nitrogens with one attached hydrogen (secondary N) is 2. The molecule has 8 nitrogen and oxygen atoms in total. The zero-order valence-corrected chi connectivity index (χ0v) is 18.6. The molecule has 4 N–H and O–H groups in total. The summed E-state index contributed by atoms with van der Waals surface area (Å²) < 4.78 is 5.40. The number of benzene rings is 2. The van der Waals surface area contributed by atoms with E-state index in [9.17, 15) is 24.6 Å². The molecule has 0 bridgehead atoms. The van der Waals surface area contributed by atoms with Crippen molar-refractivity contribution < 1.29 is 29.3 Å². The summed E-state index contributed by atoms with van der Waals surface area (Å²) >= 11 is 0. The van der Waals surface area contributed by atoms with E-state index in [2.05, 4.69) is 10.6 Å². The van der Waals surface area contributed by atoms with Crippen molar-refractivity contribution in [3.05, 3.63) is 59.7 Å². The number of ether oxygens (including phenoxy) is 1. The molecule has 0 aliphatic heterocycles. The Morgan fingerprint density at radius 1 is 1.03 bits per heavy atom. The Morgan fingerprint density at radius 3 is 2.21 bits per heavy atom. The second kappa shape index (κ2) is 11.5. The van der Waals surface area contributed by atoms with Gasteiger partial charge in [-0.1, -0.05) is 68.3 Å². The molecule has 8 heteroatoms. The van der Waals surface area contributed by atoms with Gasteiger partial charge in [0, 0.05) is 12.5 Å². The van der Waals surface area contributed by atoms with Crippen molar-refractivity contribution in [1.29, 1.82) is 0 Å². The van der Waals surface area contributed by atoms with Gasteiger partial charge in [0.25, 0.3) is 0 Å². The van der Waals surface area contributed by atoms with Gasteiger partial charge in [-0.3, -0.25) is 4.79 Å². The van der Waals surface area contributed by atoms with E-state index < -0.39 is 30.1 Å². The highest BCUT2D eigenvalue weighted by molar-refractivity contribution is 5.83. The van der Waals surface area contributed by atoms with Crippen molar-refractivity contribution in [3.63, 3.8) is 0 Å². The Morgan fingerprint density at radius 2 is 1.64 bits per heavy atom. The van der Waals surface area contributed by atoms with Crippen LogP contribution in [0.15, 0.2) is 48.5 Å². The number of alkyl carbamates (subject to hydrolysis) is 1. The molecular weight excluding hydrogens is 424 g/mol. The van der Waals surface area contributed by atoms with E-state index in [1.54, 1.807) is 0 Å². The number of carbonyl (C=O) groups is 3. The second-order valence-electron chi connectivity index (χ2n) is 8.16. The molecule has 33 heavy (non-hydrogen) atoms. The lowest BCUT2D eigenvalue weighted by atomic mass is 9.98. The largest absolute Gasteiger partial charge is 0.480 e. The molecule has 2 aromatic rings. The zero-order chi connectivity index (χ0) is 23.8. The Kier molecular flexibility index (Phi) is 8.43. The Labute approximate surface area is 193 Å². The molecule has 2 atom stereocenters. The lowest BCUT2D eigenvalue weighted by Crippen LogP contribution is -2.43. The molecule has 0 radical (unpaired) electrons. The minimum atomic E-state index is -1.16. The highest BCUT2D eigenvalue weighted by atomic mass is 16.5. The van der Waals surface area contributed by atoms with E-state index in [1.165, 1.54) is 0 Å². The van der Waals surface area contributed by atoms with Gasteiger partial charge in [-0.05, 0) is 28.7 Å². The van der Waals surface area contributed by atoms with Gasteiger partial charge in [0.1, 0.15) is 12.6 Å². The summed E-state index contributed by atoms with van der Waals surface area (Å²) in [6.45, 7) is 1.89. The minimum absolute atomic E-state index is 0.0741. The SMILES string of the molecule is CCCC[C@H](NC(=O)CC(O)CNC(=O)OCC1c2ccccc2-c2ccccc21)C(=O)O. The highest BCUT2D eigenvalue weighted by Gasteiger charge is 2.29. The number of amides is 2. The van der Waals surface area contributed by atoms with Crippen LogP contribution in [0.3, 0.4) is 0 Å². The van der Waals surface area contributed by atoms with E-state index in [0.29, 0.717) is 12.8 Å². The van der Waals surface area contributed by atoms with Crippen LogP contribution in [0.5, 0.6) is 0 Å². The normalized spacial score (nSPS) is 14.0. The number of rotatable bonds is 11. The van der Waals surface area contributed by atoms with Crippen LogP contribution in [0.2, 0.25) is 0 Å². The molecular formula is C25H30N2O6. The predicted molar refractivity (Wildman–Crippen MR) is 123 cm³/mol. The topological polar surface area (TPSA) is 125 Å². The molecule has 2 aromatic carbocycles. The Bertz CT molecular complexity index is 947. The predicted octanol–water partition coefficient (Wildman–Crippen LogP) is 3.04. The number of aliphatic hydroxyl groups is 1.